The molecule has 1 fully saturated rings. The SMILES string of the molecule is CCOC(=O)c1ccc(N2N=C(C)C3(Cc4ccccc4N4CCN(c5cccc(Cl)c5)CC43)C2=O)cc1. The minimum absolute atomic E-state index is 0.0451. The summed E-state index contributed by atoms with van der Waals surface area (Å²) >= 11 is 6.32. The van der Waals surface area contributed by atoms with Crippen LogP contribution in [0.3, 0.4) is 0 Å². The summed E-state index contributed by atoms with van der Waals surface area (Å²) in [6, 6.07) is 23.0. The van der Waals surface area contributed by atoms with E-state index in [9.17, 15) is 9.59 Å². The van der Waals surface area contributed by atoms with Crippen LogP contribution in [-0.4, -0.2) is 49.9 Å². The second-order valence-electron chi connectivity index (χ2n) is 9.98. The number of benzene rings is 3. The zero-order valence-corrected chi connectivity index (χ0v) is 22.2. The molecule has 1 spiro atoms. The number of fused-ring (bicyclic) bond motifs is 4. The molecule has 1 amide bonds. The van der Waals surface area contributed by atoms with Gasteiger partial charge >= 0.3 is 5.97 Å². The average Bonchev–Trinajstić information content (AvgIpc) is 3.18. The largest absolute Gasteiger partial charge is 0.462 e. The minimum Gasteiger partial charge on any atom is -0.462 e. The topological polar surface area (TPSA) is 65.5 Å². The van der Waals surface area contributed by atoms with Crippen molar-refractivity contribution in [1.29, 1.82) is 0 Å². The van der Waals surface area contributed by atoms with Crippen LogP contribution in [0.1, 0.15) is 29.8 Å². The van der Waals surface area contributed by atoms with E-state index in [1.54, 1.807) is 31.2 Å². The first kappa shape index (κ1) is 24.5. The molecule has 2 unspecified atom stereocenters. The van der Waals surface area contributed by atoms with Gasteiger partial charge in [0.1, 0.15) is 5.41 Å². The van der Waals surface area contributed by atoms with E-state index in [0.717, 1.165) is 30.1 Å². The Hall–Kier alpha value is -3.84. The number of piperazine rings is 1. The van der Waals surface area contributed by atoms with E-state index in [-0.39, 0.29) is 17.9 Å². The fourth-order valence-corrected chi connectivity index (χ4v) is 6.29. The Balaban J connectivity index is 1.38. The molecule has 0 bridgehead atoms. The van der Waals surface area contributed by atoms with Crippen LogP contribution in [0.2, 0.25) is 5.02 Å². The van der Waals surface area contributed by atoms with Crippen LogP contribution in [-0.2, 0) is 16.0 Å². The molecular weight excluding hydrogens is 500 g/mol. The van der Waals surface area contributed by atoms with Crippen LogP contribution in [0.5, 0.6) is 0 Å². The van der Waals surface area contributed by atoms with Gasteiger partial charge in [-0.25, -0.2) is 4.79 Å². The normalized spacial score (nSPS) is 22.3. The molecule has 0 radical (unpaired) electrons. The molecule has 3 aliphatic rings. The average molecular weight is 529 g/mol. The highest BCUT2D eigenvalue weighted by Crippen LogP contribution is 2.48. The maximum Gasteiger partial charge on any atom is 0.338 e. The fourth-order valence-electron chi connectivity index (χ4n) is 6.10. The van der Waals surface area contributed by atoms with Crippen molar-refractivity contribution in [2.75, 3.05) is 41.0 Å². The highest BCUT2D eigenvalue weighted by atomic mass is 35.5. The summed E-state index contributed by atoms with van der Waals surface area (Å²) in [5.41, 5.74) is 4.46. The van der Waals surface area contributed by atoms with Gasteiger partial charge in [0.05, 0.1) is 29.6 Å². The summed E-state index contributed by atoms with van der Waals surface area (Å²) in [7, 11) is 0. The number of para-hydroxylation sites is 1. The highest BCUT2D eigenvalue weighted by molar-refractivity contribution is 6.30. The number of anilines is 3. The van der Waals surface area contributed by atoms with Crippen LogP contribution in [0.15, 0.2) is 77.9 Å². The van der Waals surface area contributed by atoms with Gasteiger partial charge in [-0.1, -0.05) is 35.9 Å². The lowest BCUT2D eigenvalue weighted by Gasteiger charge is -2.53. The van der Waals surface area contributed by atoms with Crippen LogP contribution in [0.25, 0.3) is 0 Å². The molecule has 1 saturated heterocycles. The monoisotopic (exact) mass is 528 g/mol. The van der Waals surface area contributed by atoms with E-state index < -0.39 is 5.41 Å². The molecule has 7 nitrogen and oxygen atoms in total. The first-order chi connectivity index (χ1) is 18.4. The van der Waals surface area contributed by atoms with Crippen molar-refractivity contribution >= 4 is 46.3 Å². The predicted molar refractivity (Wildman–Crippen MR) is 150 cm³/mol. The number of nitrogens with zero attached hydrogens (tertiary/aromatic N) is 4. The van der Waals surface area contributed by atoms with E-state index in [0.29, 0.717) is 35.8 Å². The van der Waals surface area contributed by atoms with Gasteiger partial charge in [0, 0.05) is 36.0 Å². The van der Waals surface area contributed by atoms with Gasteiger partial charge in [0.2, 0.25) is 0 Å². The quantitative estimate of drug-likeness (QED) is 0.437. The van der Waals surface area contributed by atoms with Crippen molar-refractivity contribution in [1.82, 2.24) is 0 Å². The maximum absolute atomic E-state index is 14.4. The summed E-state index contributed by atoms with van der Waals surface area (Å²) in [4.78, 5) is 31.3. The Morgan fingerprint density at radius 1 is 1.05 bits per heavy atom. The molecule has 6 rings (SSSR count). The standard InChI is InChI=1S/C30H29ClN4O3/c1-3-38-28(36)21-11-13-24(14-12-21)35-29(37)30(20(2)32-35)18-22-7-4-5-10-26(22)34-16-15-33(19-27(30)34)25-9-6-8-23(31)17-25/h4-14,17,27H,3,15-16,18-19H2,1-2H3. The Bertz CT molecular complexity index is 1440. The zero-order chi connectivity index (χ0) is 26.4. The summed E-state index contributed by atoms with van der Waals surface area (Å²) in [5.74, 6) is -0.429. The van der Waals surface area contributed by atoms with Crippen LogP contribution in [0, 0.1) is 5.41 Å². The predicted octanol–water partition coefficient (Wildman–Crippen LogP) is 5.18. The first-order valence-electron chi connectivity index (χ1n) is 12.9. The Kier molecular flexibility index (Phi) is 6.11. The smallest absolute Gasteiger partial charge is 0.338 e. The van der Waals surface area contributed by atoms with E-state index in [4.69, 9.17) is 21.4 Å². The Morgan fingerprint density at radius 2 is 1.84 bits per heavy atom. The van der Waals surface area contributed by atoms with E-state index in [2.05, 4.69) is 34.1 Å². The number of halogens is 1. The number of rotatable bonds is 4. The molecule has 0 N–H and O–H groups in total. The molecule has 3 heterocycles. The number of carbonyl (C=O) groups excluding carboxylic acids is 2. The van der Waals surface area contributed by atoms with Crippen molar-refractivity contribution in [3.8, 4) is 0 Å². The van der Waals surface area contributed by atoms with Crippen molar-refractivity contribution in [2.45, 2.75) is 26.3 Å². The first-order valence-corrected chi connectivity index (χ1v) is 13.3. The summed E-state index contributed by atoms with van der Waals surface area (Å²) < 4.78 is 5.10. The molecule has 8 heteroatoms. The van der Waals surface area contributed by atoms with Gasteiger partial charge in [-0.05, 0) is 74.4 Å². The molecule has 3 aliphatic heterocycles. The zero-order valence-electron chi connectivity index (χ0n) is 21.4. The van der Waals surface area contributed by atoms with Gasteiger partial charge in [0.15, 0.2) is 0 Å². The summed E-state index contributed by atoms with van der Waals surface area (Å²) in [5, 5.41) is 7.03. The summed E-state index contributed by atoms with van der Waals surface area (Å²) in [6.45, 7) is 6.33. The highest BCUT2D eigenvalue weighted by Gasteiger charge is 2.59. The third-order valence-corrected chi connectivity index (χ3v) is 8.22. The number of ether oxygens (including phenoxy) is 1. The van der Waals surface area contributed by atoms with Crippen LogP contribution < -0.4 is 14.8 Å². The Labute approximate surface area is 227 Å². The number of amides is 1. The van der Waals surface area contributed by atoms with Crippen molar-refractivity contribution < 1.29 is 14.3 Å². The molecular formula is C30H29ClN4O3. The lowest BCUT2D eigenvalue weighted by Crippen LogP contribution is -2.67. The second kappa shape index (κ2) is 9.48. The number of carbonyl (C=O) groups is 2. The lowest BCUT2D eigenvalue weighted by atomic mass is 9.67. The molecule has 2 atom stereocenters. The number of esters is 1. The van der Waals surface area contributed by atoms with Gasteiger partial charge in [0.25, 0.3) is 5.91 Å². The third-order valence-electron chi connectivity index (χ3n) is 7.99. The molecule has 3 aromatic rings. The molecule has 38 heavy (non-hydrogen) atoms. The number of hydrazone groups is 1. The third kappa shape index (κ3) is 3.84. The lowest BCUT2D eigenvalue weighted by molar-refractivity contribution is -0.125. The minimum atomic E-state index is -0.814. The Morgan fingerprint density at radius 3 is 2.61 bits per heavy atom. The van der Waals surface area contributed by atoms with Crippen molar-refractivity contribution in [3.63, 3.8) is 0 Å². The van der Waals surface area contributed by atoms with E-state index in [1.807, 2.05) is 31.2 Å². The molecule has 0 aromatic heterocycles. The molecule has 3 aromatic carbocycles. The van der Waals surface area contributed by atoms with Gasteiger partial charge in [-0.2, -0.15) is 10.1 Å². The van der Waals surface area contributed by atoms with E-state index in [1.165, 1.54) is 10.7 Å². The van der Waals surface area contributed by atoms with Crippen LogP contribution in [0.4, 0.5) is 17.1 Å². The molecule has 0 aliphatic carbocycles. The van der Waals surface area contributed by atoms with Crippen molar-refractivity contribution in [3.05, 3.63) is 88.9 Å². The van der Waals surface area contributed by atoms with Gasteiger partial charge < -0.3 is 14.5 Å². The van der Waals surface area contributed by atoms with E-state index >= 15 is 0 Å². The number of hydrogen-bond acceptors (Lipinski definition) is 6. The van der Waals surface area contributed by atoms with Crippen molar-refractivity contribution in [2.24, 2.45) is 10.5 Å². The summed E-state index contributed by atoms with van der Waals surface area (Å²) in [6.07, 6.45) is 0.583. The van der Waals surface area contributed by atoms with Gasteiger partial charge in [-0.15, -0.1) is 0 Å². The second-order valence-corrected chi connectivity index (χ2v) is 10.4. The fraction of sp³-hybridized carbons (Fsp3) is 0.300. The molecule has 194 valence electrons. The van der Waals surface area contributed by atoms with Crippen LogP contribution >= 0.6 is 11.6 Å². The van der Waals surface area contributed by atoms with Gasteiger partial charge in [-0.3, -0.25) is 4.79 Å². The molecule has 0 saturated carbocycles. The number of hydrogen-bond donors (Lipinski definition) is 0. The maximum atomic E-state index is 14.4.